The number of halogens is 1. The van der Waals surface area contributed by atoms with Gasteiger partial charge in [0.25, 0.3) is 10.0 Å². The van der Waals surface area contributed by atoms with Crippen LogP contribution in [0.5, 0.6) is 5.75 Å². The molecule has 1 heterocycles. The number of hydrogen-bond donors (Lipinski definition) is 2. The molecule has 0 aliphatic carbocycles. The minimum atomic E-state index is -3.75. The molecule has 26 heavy (non-hydrogen) atoms. The number of thiophene rings is 1. The molecule has 0 radical (unpaired) electrons. The average Bonchev–Trinajstić information content (AvgIpc) is 3.14. The lowest BCUT2D eigenvalue weighted by Gasteiger charge is -2.18. The molecule has 0 aliphatic heterocycles. The molecule has 1 aromatic carbocycles. The van der Waals surface area contributed by atoms with E-state index in [-0.39, 0.29) is 4.21 Å². The van der Waals surface area contributed by atoms with Crippen LogP contribution in [0.15, 0.2) is 39.9 Å². The molecule has 10 heteroatoms. The van der Waals surface area contributed by atoms with Crippen molar-refractivity contribution in [3.8, 4) is 5.75 Å². The zero-order valence-corrected chi connectivity index (χ0v) is 17.4. The smallest absolute Gasteiger partial charge is 0.250 e. The van der Waals surface area contributed by atoms with Gasteiger partial charge in [0.2, 0.25) is 5.91 Å². The van der Waals surface area contributed by atoms with Crippen molar-refractivity contribution < 1.29 is 17.9 Å². The zero-order chi connectivity index (χ0) is 19.2. The van der Waals surface area contributed by atoms with Gasteiger partial charge in [0.15, 0.2) is 0 Å². The lowest BCUT2D eigenvalue weighted by Crippen LogP contribution is -2.43. The molecule has 2 aromatic rings. The standard InChI is InChI=1S/C16H19ClN2O4S3/c1-23-14-6-5-11(10-12(14)17)18-16(20)13(7-9-24-2)19-26(21,22)15-4-3-8-25-15/h3-6,8,10,13,19H,7,9H2,1-2H3,(H,18,20)/t13-/m1/s1. The SMILES string of the molecule is COc1ccc(NC(=O)[C@@H](CCSC)NS(=O)(=O)c2cccs2)cc1Cl. The van der Waals surface area contributed by atoms with Crippen molar-refractivity contribution in [2.75, 3.05) is 24.4 Å². The molecular weight excluding hydrogens is 416 g/mol. The molecule has 0 saturated carbocycles. The minimum Gasteiger partial charge on any atom is -0.495 e. The van der Waals surface area contributed by atoms with Crippen LogP contribution >= 0.6 is 34.7 Å². The first kappa shape index (κ1) is 21.0. The predicted octanol–water partition coefficient (Wildman–Crippen LogP) is 3.45. The van der Waals surface area contributed by atoms with Gasteiger partial charge in [-0.25, -0.2) is 8.42 Å². The lowest BCUT2D eigenvalue weighted by molar-refractivity contribution is -0.117. The van der Waals surface area contributed by atoms with E-state index in [9.17, 15) is 13.2 Å². The topological polar surface area (TPSA) is 84.5 Å². The van der Waals surface area contributed by atoms with Crippen LogP contribution in [0.1, 0.15) is 6.42 Å². The van der Waals surface area contributed by atoms with Crippen molar-refractivity contribution in [2.45, 2.75) is 16.7 Å². The molecule has 0 fully saturated rings. The van der Waals surface area contributed by atoms with Crippen LogP contribution in [-0.2, 0) is 14.8 Å². The molecule has 2 rings (SSSR count). The van der Waals surface area contributed by atoms with E-state index in [1.165, 1.54) is 24.9 Å². The summed E-state index contributed by atoms with van der Waals surface area (Å²) >= 11 is 8.69. The number of hydrogen-bond acceptors (Lipinski definition) is 6. The highest BCUT2D eigenvalue weighted by Gasteiger charge is 2.26. The van der Waals surface area contributed by atoms with Gasteiger partial charge in [0, 0.05) is 5.69 Å². The van der Waals surface area contributed by atoms with Crippen LogP contribution in [0.25, 0.3) is 0 Å². The molecular formula is C16H19ClN2O4S3. The maximum Gasteiger partial charge on any atom is 0.250 e. The van der Waals surface area contributed by atoms with E-state index in [1.54, 1.807) is 29.6 Å². The van der Waals surface area contributed by atoms with Gasteiger partial charge in [0.1, 0.15) is 16.0 Å². The van der Waals surface area contributed by atoms with Gasteiger partial charge in [-0.05, 0) is 48.1 Å². The Bertz CT molecular complexity index is 841. The zero-order valence-electron chi connectivity index (χ0n) is 14.2. The maximum absolute atomic E-state index is 12.6. The molecule has 0 bridgehead atoms. The van der Waals surface area contributed by atoms with Crippen LogP contribution in [0.4, 0.5) is 5.69 Å². The van der Waals surface area contributed by atoms with Crippen LogP contribution in [0, 0.1) is 0 Å². The highest BCUT2D eigenvalue weighted by atomic mass is 35.5. The molecule has 1 aromatic heterocycles. The van der Waals surface area contributed by atoms with Gasteiger partial charge in [0.05, 0.1) is 12.1 Å². The summed E-state index contributed by atoms with van der Waals surface area (Å²) in [6.07, 6.45) is 2.26. The fraction of sp³-hybridized carbons (Fsp3) is 0.312. The van der Waals surface area contributed by atoms with Crippen molar-refractivity contribution in [3.63, 3.8) is 0 Å². The first-order valence-electron chi connectivity index (χ1n) is 7.56. The number of thioether (sulfide) groups is 1. The number of amides is 1. The van der Waals surface area contributed by atoms with Gasteiger partial charge < -0.3 is 10.1 Å². The first-order valence-corrected chi connectivity index (χ1v) is 11.7. The van der Waals surface area contributed by atoms with Crippen LogP contribution in [0.3, 0.4) is 0 Å². The molecule has 0 saturated heterocycles. The predicted molar refractivity (Wildman–Crippen MR) is 108 cm³/mol. The third kappa shape index (κ3) is 5.62. The monoisotopic (exact) mass is 434 g/mol. The third-order valence-electron chi connectivity index (χ3n) is 3.40. The molecule has 0 unspecified atom stereocenters. The van der Waals surface area contributed by atoms with Crippen LogP contribution < -0.4 is 14.8 Å². The lowest BCUT2D eigenvalue weighted by atomic mass is 10.2. The molecule has 0 aliphatic rings. The van der Waals surface area contributed by atoms with Crippen LogP contribution in [0.2, 0.25) is 5.02 Å². The number of carbonyl (C=O) groups excluding carboxylic acids is 1. The van der Waals surface area contributed by atoms with Crippen molar-refractivity contribution in [3.05, 3.63) is 40.7 Å². The quantitative estimate of drug-likeness (QED) is 0.631. The molecule has 1 amide bonds. The van der Waals surface area contributed by atoms with Gasteiger partial charge in [-0.15, -0.1) is 11.3 Å². The summed E-state index contributed by atoms with van der Waals surface area (Å²) in [5, 5.41) is 4.72. The Balaban J connectivity index is 2.15. The fourth-order valence-electron chi connectivity index (χ4n) is 2.11. The Kier molecular flexibility index (Phi) is 7.78. The second kappa shape index (κ2) is 9.61. The van der Waals surface area contributed by atoms with E-state index in [4.69, 9.17) is 16.3 Å². The van der Waals surface area contributed by atoms with Crippen molar-refractivity contribution in [1.82, 2.24) is 4.72 Å². The number of ether oxygens (including phenoxy) is 1. The van der Waals surface area contributed by atoms with E-state index >= 15 is 0 Å². The van der Waals surface area contributed by atoms with Crippen LogP contribution in [-0.4, -0.2) is 39.5 Å². The number of rotatable bonds is 9. The van der Waals surface area contributed by atoms with E-state index in [2.05, 4.69) is 10.0 Å². The Morgan fingerprint density at radius 3 is 2.73 bits per heavy atom. The van der Waals surface area contributed by atoms with Crippen molar-refractivity contribution >= 4 is 56.3 Å². The number of nitrogens with one attached hydrogen (secondary N) is 2. The summed E-state index contributed by atoms with van der Waals surface area (Å²) < 4.78 is 32.6. The number of anilines is 1. The first-order chi connectivity index (χ1) is 12.4. The summed E-state index contributed by atoms with van der Waals surface area (Å²) in [4.78, 5) is 12.6. The summed E-state index contributed by atoms with van der Waals surface area (Å²) in [5.41, 5.74) is 0.463. The second-order valence-corrected chi connectivity index (χ2v) is 9.51. The average molecular weight is 435 g/mol. The maximum atomic E-state index is 12.6. The van der Waals surface area contributed by atoms with Crippen molar-refractivity contribution in [2.24, 2.45) is 0 Å². The normalized spacial score (nSPS) is 12.6. The summed E-state index contributed by atoms with van der Waals surface area (Å²) in [6.45, 7) is 0. The fourth-order valence-corrected chi connectivity index (χ4v) is 5.08. The molecule has 6 nitrogen and oxygen atoms in total. The molecule has 1 atom stereocenters. The van der Waals surface area contributed by atoms with E-state index in [1.807, 2.05) is 6.26 Å². The Morgan fingerprint density at radius 1 is 1.38 bits per heavy atom. The van der Waals surface area contributed by atoms with Gasteiger partial charge in [-0.2, -0.15) is 16.5 Å². The summed E-state index contributed by atoms with van der Waals surface area (Å²) in [6, 6.07) is 7.08. The Morgan fingerprint density at radius 2 is 2.15 bits per heavy atom. The second-order valence-electron chi connectivity index (χ2n) is 5.23. The number of methoxy groups -OCH3 is 1. The highest BCUT2D eigenvalue weighted by Crippen LogP contribution is 2.27. The molecule has 2 N–H and O–H groups in total. The molecule has 0 spiro atoms. The number of carbonyl (C=O) groups is 1. The molecule has 142 valence electrons. The number of sulfonamides is 1. The van der Waals surface area contributed by atoms with Crippen molar-refractivity contribution in [1.29, 1.82) is 0 Å². The summed E-state index contributed by atoms with van der Waals surface area (Å²) in [5.74, 6) is 0.677. The van der Waals surface area contributed by atoms with E-state index < -0.39 is 22.0 Å². The third-order valence-corrected chi connectivity index (χ3v) is 7.21. The minimum absolute atomic E-state index is 0.173. The largest absolute Gasteiger partial charge is 0.495 e. The van der Waals surface area contributed by atoms with Gasteiger partial charge in [-0.1, -0.05) is 17.7 Å². The highest BCUT2D eigenvalue weighted by molar-refractivity contribution is 7.98. The van der Waals surface area contributed by atoms with Gasteiger partial charge >= 0.3 is 0 Å². The summed E-state index contributed by atoms with van der Waals surface area (Å²) in [7, 11) is -2.25. The van der Waals surface area contributed by atoms with Gasteiger partial charge in [-0.3, -0.25) is 4.79 Å². The van der Waals surface area contributed by atoms with E-state index in [0.29, 0.717) is 28.6 Å². The number of benzene rings is 1. The Hall–Kier alpha value is -1.26. The Labute approximate surface area is 166 Å². The van der Waals surface area contributed by atoms with E-state index in [0.717, 1.165) is 11.3 Å².